The van der Waals surface area contributed by atoms with Gasteiger partial charge in [0.25, 0.3) is 0 Å². The summed E-state index contributed by atoms with van der Waals surface area (Å²) >= 11 is 4.96. The molecule has 1 rings (SSSR count). The maximum absolute atomic E-state index is 13.0. The summed E-state index contributed by atoms with van der Waals surface area (Å²) in [4.78, 5) is 0. The number of hydrogen-bond acceptors (Lipinski definition) is 3. The van der Waals surface area contributed by atoms with Gasteiger partial charge in [-0.2, -0.15) is 5.10 Å². The fraction of sp³-hybridized carbons (Fsp3) is 0.333. The first-order valence-electron chi connectivity index (χ1n) is 5.57. The maximum Gasteiger partial charge on any atom is 0.187 e. The van der Waals surface area contributed by atoms with Gasteiger partial charge >= 0.3 is 0 Å². The van der Waals surface area contributed by atoms with Crippen LogP contribution in [0.3, 0.4) is 0 Å². The Morgan fingerprint density at radius 1 is 1.37 bits per heavy atom. The number of benzene rings is 1. The second kappa shape index (κ2) is 7.75. The summed E-state index contributed by atoms with van der Waals surface area (Å²) in [7, 11) is 1.59. The van der Waals surface area contributed by atoms with Gasteiger partial charge in [0.15, 0.2) is 16.7 Å². The lowest BCUT2D eigenvalue weighted by Gasteiger charge is -2.07. The lowest BCUT2D eigenvalue weighted by Crippen LogP contribution is -2.34. The molecule has 0 bridgehead atoms. The molecule has 104 valence electrons. The maximum atomic E-state index is 13.0. The van der Waals surface area contributed by atoms with Crippen molar-refractivity contribution in [2.24, 2.45) is 5.10 Å². The summed E-state index contributed by atoms with van der Waals surface area (Å²) < 4.78 is 30.7. The monoisotopic (exact) mass is 287 g/mol. The quantitative estimate of drug-likeness (QED) is 0.375. The summed E-state index contributed by atoms with van der Waals surface area (Å²) in [6.45, 7) is 2.74. The van der Waals surface area contributed by atoms with Crippen molar-refractivity contribution < 1.29 is 13.5 Å². The highest BCUT2D eigenvalue weighted by Crippen LogP contribution is 2.09. The molecule has 19 heavy (non-hydrogen) atoms. The van der Waals surface area contributed by atoms with E-state index >= 15 is 0 Å². The molecule has 0 heterocycles. The molecule has 0 atom stereocenters. The van der Waals surface area contributed by atoms with E-state index in [1.54, 1.807) is 14.0 Å². The Balaban J connectivity index is 2.56. The molecule has 1 aromatic carbocycles. The average molecular weight is 287 g/mol. The van der Waals surface area contributed by atoms with Gasteiger partial charge in [-0.25, -0.2) is 8.78 Å². The van der Waals surface area contributed by atoms with Crippen LogP contribution in [0.5, 0.6) is 0 Å². The van der Waals surface area contributed by atoms with E-state index in [2.05, 4.69) is 15.8 Å². The highest BCUT2D eigenvalue weighted by atomic mass is 32.1. The van der Waals surface area contributed by atoms with Crippen molar-refractivity contribution in [3.8, 4) is 0 Å². The molecule has 0 radical (unpaired) electrons. The van der Waals surface area contributed by atoms with Crippen molar-refractivity contribution >= 4 is 23.0 Å². The van der Waals surface area contributed by atoms with Gasteiger partial charge in [0.2, 0.25) is 0 Å². The lowest BCUT2D eigenvalue weighted by molar-refractivity contribution is 0.204. The number of thiocarbonyl (C=S) groups is 1. The van der Waals surface area contributed by atoms with Crippen LogP contribution in [0.25, 0.3) is 0 Å². The number of ether oxygens (including phenoxy) is 1. The molecular formula is C12H15F2N3OS. The highest BCUT2D eigenvalue weighted by Gasteiger charge is 2.04. The Morgan fingerprint density at radius 3 is 2.74 bits per heavy atom. The molecule has 0 unspecified atom stereocenters. The second-order valence-corrected chi connectivity index (χ2v) is 4.09. The van der Waals surface area contributed by atoms with Crippen LogP contribution in [0.1, 0.15) is 12.5 Å². The smallest absolute Gasteiger partial charge is 0.187 e. The first kappa shape index (κ1) is 15.5. The second-order valence-electron chi connectivity index (χ2n) is 3.69. The van der Waals surface area contributed by atoms with Crippen molar-refractivity contribution in [3.63, 3.8) is 0 Å². The van der Waals surface area contributed by atoms with E-state index in [9.17, 15) is 8.78 Å². The predicted octanol–water partition coefficient (Wildman–Crippen LogP) is 1.80. The van der Waals surface area contributed by atoms with Gasteiger partial charge in [0, 0.05) is 19.2 Å². The van der Waals surface area contributed by atoms with Crippen LogP contribution in [0.15, 0.2) is 23.3 Å². The highest BCUT2D eigenvalue weighted by molar-refractivity contribution is 7.80. The van der Waals surface area contributed by atoms with Crippen LogP contribution in [0, 0.1) is 11.6 Å². The van der Waals surface area contributed by atoms with Crippen molar-refractivity contribution in [3.05, 3.63) is 35.4 Å². The largest absolute Gasteiger partial charge is 0.383 e. The summed E-state index contributed by atoms with van der Waals surface area (Å²) in [6, 6.07) is 3.58. The first-order chi connectivity index (χ1) is 9.04. The van der Waals surface area contributed by atoms with E-state index in [0.717, 1.165) is 12.1 Å². The normalized spacial score (nSPS) is 11.3. The fourth-order valence-corrected chi connectivity index (χ4v) is 1.37. The van der Waals surface area contributed by atoms with Crippen molar-refractivity contribution in [2.75, 3.05) is 20.3 Å². The van der Waals surface area contributed by atoms with Crippen LogP contribution in [-0.2, 0) is 4.74 Å². The van der Waals surface area contributed by atoms with Crippen LogP contribution in [0.4, 0.5) is 8.78 Å². The number of hydrazone groups is 1. The van der Waals surface area contributed by atoms with E-state index in [1.807, 2.05) is 0 Å². The van der Waals surface area contributed by atoms with Crippen LogP contribution in [-0.4, -0.2) is 31.1 Å². The molecule has 2 N–H and O–H groups in total. The Labute approximate surface area is 115 Å². The summed E-state index contributed by atoms with van der Waals surface area (Å²) in [5.74, 6) is -1.80. The SMILES string of the molecule is COCCNC(=S)N/N=C(/C)c1ccc(F)c(F)c1. The molecule has 0 fully saturated rings. The lowest BCUT2D eigenvalue weighted by atomic mass is 10.1. The van der Waals surface area contributed by atoms with E-state index in [0.29, 0.717) is 29.5 Å². The van der Waals surface area contributed by atoms with Crippen LogP contribution < -0.4 is 10.7 Å². The van der Waals surface area contributed by atoms with Gasteiger partial charge in [0.05, 0.1) is 12.3 Å². The van der Waals surface area contributed by atoms with Gasteiger partial charge in [-0.15, -0.1) is 0 Å². The Kier molecular flexibility index (Phi) is 6.31. The number of nitrogens with zero attached hydrogens (tertiary/aromatic N) is 1. The Bertz CT molecular complexity index is 480. The zero-order valence-corrected chi connectivity index (χ0v) is 11.5. The average Bonchev–Trinajstić information content (AvgIpc) is 2.39. The third-order valence-electron chi connectivity index (χ3n) is 2.25. The number of halogens is 2. The molecule has 0 aliphatic rings. The number of hydrogen-bond donors (Lipinski definition) is 2. The standard InChI is InChI=1S/C12H15F2N3OS/c1-8(9-3-4-10(13)11(14)7-9)16-17-12(19)15-5-6-18-2/h3-4,7H,5-6H2,1-2H3,(H2,15,17,19)/b16-8-. The van der Waals surface area contributed by atoms with E-state index in [4.69, 9.17) is 17.0 Å². The molecule has 0 spiro atoms. The van der Waals surface area contributed by atoms with E-state index in [1.165, 1.54) is 6.07 Å². The molecule has 1 aromatic rings. The van der Waals surface area contributed by atoms with Gasteiger partial charge in [-0.3, -0.25) is 5.43 Å². The van der Waals surface area contributed by atoms with Crippen LogP contribution >= 0.6 is 12.2 Å². The third-order valence-corrected chi connectivity index (χ3v) is 2.49. The van der Waals surface area contributed by atoms with E-state index in [-0.39, 0.29) is 0 Å². The number of methoxy groups -OCH3 is 1. The van der Waals surface area contributed by atoms with Gasteiger partial charge < -0.3 is 10.1 Å². The molecule has 0 amide bonds. The minimum atomic E-state index is -0.909. The topological polar surface area (TPSA) is 45.6 Å². The minimum absolute atomic E-state index is 0.332. The van der Waals surface area contributed by atoms with Crippen molar-refractivity contribution in [1.82, 2.24) is 10.7 Å². The third kappa shape index (κ3) is 5.27. The molecule has 0 aromatic heterocycles. The Morgan fingerprint density at radius 2 is 2.11 bits per heavy atom. The molecule has 4 nitrogen and oxygen atoms in total. The summed E-state index contributed by atoms with van der Waals surface area (Å²) in [5.41, 5.74) is 3.58. The van der Waals surface area contributed by atoms with Crippen molar-refractivity contribution in [2.45, 2.75) is 6.92 Å². The molecule has 0 aliphatic carbocycles. The molecular weight excluding hydrogens is 272 g/mol. The molecule has 0 saturated heterocycles. The van der Waals surface area contributed by atoms with Crippen LogP contribution in [0.2, 0.25) is 0 Å². The van der Waals surface area contributed by atoms with Gasteiger partial charge in [-0.05, 0) is 37.3 Å². The predicted molar refractivity (Wildman–Crippen MR) is 74.2 cm³/mol. The van der Waals surface area contributed by atoms with E-state index < -0.39 is 11.6 Å². The molecule has 0 aliphatic heterocycles. The first-order valence-corrected chi connectivity index (χ1v) is 5.98. The van der Waals surface area contributed by atoms with Gasteiger partial charge in [0.1, 0.15) is 0 Å². The number of nitrogens with one attached hydrogen (secondary N) is 2. The zero-order chi connectivity index (χ0) is 14.3. The van der Waals surface area contributed by atoms with Gasteiger partial charge in [-0.1, -0.05) is 0 Å². The zero-order valence-electron chi connectivity index (χ0n) is 10.7. The van der Waals surface area contributed by atoms with Crippen molar-refractivity contribution in [1.29, 1.82) is 0 Å². The minimum Gasteiger partial charge on any atom is -0.383 e. The fourth-order valence-electron chi connectivity index (χ4n) is 1.23. The molecule has 0 saturated carbocycles. The molecule has 7 heteroatoms. The summed E-state index contributed by atoms with van der Waals surface area (Å²) in [5, 5.41) is 7.17. The number of rotatable bonds is 5. The Hall–Kier alpha value is -1.60. The summed E-state index contributed by atoms with van der Waals surface area (Å²) in [6.07, 6.45) is 0.